The van der Waals surface area contributed by atoms with Crippen LogP contribution in [-0.2, 0) is 5.75 Å². The van der Waals surface area contributed by atoms with Gasteiger partial charge in [-0.15, -0.1) is 23.1 Å². The molecule has 0 spiro atoms. The number of nitrogens with two attached hydrogens (primary N) is 1. The fourth-order valence-corrected chi connectivity index (χ4v) is 3.38. The van der Waals surface area contributed by atoms with Crippen molar-refractivity contribution < 1.29 is 0 Å². The number of thiazole rings is 1. The van der Waals surface area contributed by atoms with E-state index in [2.05, 4.69) is 4.98 Å². The Balaban J connectivity index is 2.04. The van der Waals surface area contributed by atoms with Crippen molar-refractivity contribution in [3.63, 3.8) is 0 Å². The topological polar surface area (TPSA) is 62.8 Å². The Morgan fingerprint density at radius 2 is 2.11 bits per heavy atom. The molecule has 1 aromatic carbocycles. The Labute approximate surface area is 119 Å². The number of aryl methyl sites for hydroxylation is 1. The maximum absolute atomic E-state index is 7.44. The number of amidine groups is 1. The summed E-state index contributed by atoms with van der Waals surface area (Å²) in [5.41, 5.74) is 6.32. The van der Waals surface area contributed by atoms with E-state index in [1.165, 1.54) is 11.3 Å². The molecule has 2 rings (SSSR count). The molecule has 0 saturated carbocycles. The second-order valence-electron chi connectivity index (χ2n) is 3.68. The van der Waals surface area contributed by atoms with Crippen molar-refractivity contribution in [3.8, 4) is 0 Å². The Bertz CT molecular complexity index is 563. The van der Waals surface area contributed by atoms with Crippen molar-refractivity contribution in [2.75, 3.05) is 0 Å². The van der Waals surface area contributed by atoms with E-state index in [9.17, 15) is 0 Å². The summed E-state index contributed by atoms with van der Waals surface area (Å²) in [4.78, 5) is 6.33. The largest absolute Gasteiger partial charge is 0.383 e. The first-order valence-electron chi connectivity index (χ1n) is 5.25. The number of aromatic nitrogens is 1. The number of nitrogen functional groups attached to an aromatic ring is 1. The first-order valence-corrected chi connectivity index (χ1v) is 7.43. The molecule has 18 heavy (non-hydrogen) atoms. The average Bonchev–Trinajstić information content (AvgIpc) is 2.70. The molecule has 94 valence electrons. The predicted molar refractivity (Wildman–Crippen MR) is 78.9 cm³/mol. The highest BCUT2D eigenvalue weighted by Crippen LogP contribution is 2.27. The molecule has 0 radical (unpaired) electrons. The lowest BCUT2D eigenvalue weighted by molar-refractivity contribution is 1.17. The fourth-order valence-electron chi connectivity index (χ4n) is 1.44. The van der Waals surface area contributed by atoms with Crippen LogP contribution in [0, 0.1) is 12.3 Å². The quantitative estimate of drug-likeness (QED) is 0.514. The highest BCUT2D eigenvalue weighted by Gasteiger charge is 2.10. The van der Waals surface area contributed by atoms with Crippen molar-refractivity contribution in [1.82, 2.24) is 4.98 Å². The van der Waals surface area contributed by atoms with Crippen molar-refractivity contribution in [2.24, 2.45) is 5.73 Å². The molecule has 0 aliphatic rings. The zero-order valence-corrected chi connectivity index (χ0v) is 12.1. The number of nitrogens with zero attached hydrogens (tertiary/aromatic N) is 1. The molecule has 0 aliphatic heterocycles. The molecule has 6 heteroatoms. The number of rotatable bonds is 4. The number of hydrogen-bond acceptors (Lipinski definition) is 4. The number of nitrogens with one attached hydrogen (secondary N) is 1. The molecule has 3 nitrogen and oxygen atoms in total. The minimum absolute atomic E-state index is 0.0905. The zero-order chi connectivity index (χ0) is 13.1. The van der Waals surface area contributed by atoms with Gasteiger partial charge >= 0.3 is 0 Å². The van der Waals surface area contributed by atoms with E-state index in [0.29, 0.717) is 0 Å². The molecule has 0 saturated heterocycles. The van der Waals surface area contributed by atoms with Gasteiger partial charge in [0, 0.05) is 9.92 Å². The average molecular weight is 298 g/mol. The summed E-state index contributed by atoms with van der Waals surface area (Å²) in [7, 11) is 0. The van der Waals surface area contributed by atoms with Crippen molar-refractivity contribution in [1.29, 1.82) is 5.41 Å². The Morgan fingerprint density at radius 3 is 2.67 bits per heavy atom. The maximum Gasteiger partial charge on any atom is 0.135 e. The van der Waals surface area contributed by atoms with Crippen LogP contribution in [0.15, 0.2) is 29.2 Å². The van der Waals surface area contributed by atoms with Gasteiger partial charge in [0.05, 0.1) is 16.3 Å². The molecule has 0 bridgehead atoms. The monoisotopic (exact) mass is 297 g/mol. The predicted octanol–water partition coefficient (Wildman–Crippen LogP) is 3.68. The maximum atomic E-state index is 7.44. The Hall–Kier alpha value is -1.04. The summed E-state index contributed by atoms with van der Waals surface area (Å²) in [6, 6.07) is 7.72. The highest BCUT2D eigenvalue weighted by atomic mass is 35.5. The van der Waals surface area contributed by atoms with E-state index in [1.807, 2.05) is 31.2 Å². The van der Waals surface area contributed by atoms with E-state index < -0.39 is 0 Å². The molecule has 1 heterocycles. The van der Waals surface area contributed by atoms with Gasteiger partial charge in [0.1, 0.15) is 10.8 Å². The van der Waals surface area contributed by atoms with Crippen LogP contribution in [0.3, 0.4) is 0 Å². The van der Waals surface area contributed by atoms with Gasteiger partial charge < -0.3 is 5.73 Å². The molecule has 3 N–H and O–H groups in total. The van der Waals surface area contributed by atoms with E-state index in [4.69, 9.17) is 22.7 Å². The SMILES string of the molecule is Cc1nc(CSc2ccc(Cl)cc2)sc1C(=N)N. The number of halogens is 1. The smallest absolute Gasteiger partial charge is 0.135 e. The summed E-state index contributed by atoms with van der Waals surface area (Å²) in [5, 5.41) is 9.16. The molecule has 0 aliphatic carbocycles. The normalized spacial score (nSPS) is 10.6. The Morgan fingerprint density at radius 1 is 1.44 bits per heavy atom. The first kappa shape index (κ1) is 13.4. The summed E-state index contributed by atoms with van der Waals surface area (Å²) in [5.74, 6) is 0.869. The van der Waals surface area contributed by atoms with Gasteiger partial charge in [0.25, 0.3) is 0 Å². The molecule has 0 unspecified atom stereocenters. The van der Waals surface area contributed by atoms with Gasteiger partial charge in [0.15, 0.2) is 0 Å². The van der Waals surface area contributed by atoms with Crippen molar-refractivity contribution in [3.05, 3.63) is 44.9 Å². The standard InChI is InChI=1S/C12H12ClN3S2/c1-7-11(12(14)15)18-10(16-7)6-17-9-4-2-8(13)3-5-9/h2-5H,6H2,1H3,(H3,14,15). The minimum atomic E-state index is 0.0905. The van der Waals surface area contributed by atoms with Gasteiger partial charge in [-0.25, -0.2) is 4.98 Å². The van der Waals surface area contributed by atoms with Crippen LogP contribution in [0.2, 0.25) is 5.02 Å². The van der Waals surface area contributed by atoms with Gasteiger partial charge in [-0.1, -0.05) is 11.6 Å². The molecular formula is C12H12ClN3S2. The van der Waals surface area contributed by atoms with Gasteiger partial charge in [-0.05, 0) is 31.2 Å². The molecule has 1 aromatic heterocycles. The molecular weight excluding hydrogens is 286 g/mol. The van der Waals surface area contributed by atoms with Crippen LogP contribution < -0.4 is 5.73 Å². The van der Waals surface area contributed by atoms with E-state index >= 15 is 0 Å². The van der Waals surface area contributed by atoms with Crippen LogP contribution in [0.25, 0.3) is 0 Å². The van der Waals surface area contributed by atoms with Crippen LogP contribution >= 0.6 is 34.7 Å². The van der Waals surface area contributed by atoms with Crippen molar-refractivity contribution in [2.45, 2.75) is 17.6 Å². The lowest BCUT2D eigenvalue weighted by atomic mass is 10.4. The van der Waals surface area contributed by atoms with Crippen LogP contribution in [0.4, 0.5) is 0 Å². The van der Waals surface area contributed by atoms with Gasteiger partial charge in [-0.2, -0.15) is 0 Å². The number of benzene rings is 1. The second kappa shape index (κ2) is 5.73. The highest BCUT2D eigenvalue weighted by molar-refractivity contribution is 7.98. The molecule has 0 atom stereocenters. The van der Waals surface area contributed by atoms with Gasteiger partial charge in [-0.3, -0.25) is 5.41 Å². The minimum Gasteiger partial charge on any atom is -0.383 e. The molecule has 0 amide bonds. The van der Waals surface area contributed by atoms with Crippen LogP contribution in [0.5, 0.6) is 0 Å². The molecule has 2 aromatic rings. The zero-order valence-electron chi connectivity index (χ0n) is 9.74. The summed E-state index contributed by atoms with van der Waals surface area (Å²) < 4.78 is 0. The lowest BCUT2D eigenvalue weighted by Gasteiger charge is -1.98. The third-order valence-electron chi connectivity index (χ3n) is 2.26. The van der Waals surface area contributed by atoms with E-state index in [-0.39, 0.29) is 5.84 Å². The number of hydrogen-bond donors (Lipinski definition) is 2. The lowest BCUT2D eigenvalue weighted by Crippen LogP contribution is -2.10. The summed E-state index contributed by atoms with van der Waals surface area (Å²) in [6.07, 6.45) is 0. The van der Waals surface area contributed by atoms with Crippen LogP contribution in [-0.4, -0.2) is 10.8 Å². The fraction of sp³-hybridized carbons (Fsp3) is 0.167. The van der Waals surface area contributed by atoms with E-state index in [1.54, 1.807) is 11.8 Å². The van der Waals surface area contributed by atoms with E-state index in [0.717, 1.165) is 31.2 Å². The van der Waals surface area contributed by atoms with Crippen LogP contribution in [0.1, 0.15) is 15.6 Å². The molecule has 0 fully saturated rings. The van der Waals surface area contributed by atoms with Crippen molar-refractivity contribution >= 4 is 40.5 Å². The first-order chi connectivity index (χ1) is 8.56. The summed E-state index contributed by atoms with van der Waals surface area (Å²) in [6.45, 7) is 1.88. The second-order valence-corrected chi connectivity index (χ2v) is 6.25. The summed E-state index contributed by atoms with van der Waals surface area (Å²) >= 11 is 9.01. The Kier molecular flexibility index (Phi) is 4.27. The third-order valence-corrected chi connectivity index (χ3v) is 4.91. The number of thioether (sulfide) groups is 1. The third kappa shape index (κ3) is 3.25. The van der Waals surface area contributed by atoms with Gasteiger partial charge in [0.2, 0.25) is 0 Å².